The van der Waals surface area contributed by atoms with E-state index in [0.29, 0.717) is 0 Å². The summed E-state index contributed by atoms with van der Waals surface area (Å²) in [6.07, 6.45) is 0. The highest BCUT2D eigenvalue weighted by Crippen LogP contribution is 2.20. The number of benzene rings is 1. The Hall–Kier alpha value is 0.480. The molecule has 0 aliphatic heterocycles. The molecule has 0 fully saturated rings. The van der Waals surface area contributed by atoms with Gasteiger partial charge in [-0.2, -0.15) is 0 Å². The van der Waals surface area contributed by atoms with Crippen LogP contribution in [0, 0.1) is 7.14 Å². The summed E-state index contributed by atoms with van der Waals surface area (Å²) in [5, 5.41) is 0. The molecule has 0 amide bonds. The maximum atomic E-state index is 5.61. The van der Waals surface area contributed by atoms with Gasteiger partial charge in [0.25, 0.3) is 0 Å². The van der Waals surface area contributed by atoms with Gasteiger partial charge in [0.1, 0.15) is 0 Å². The van der Waals surface area contributed by atoms with Gasteiger partial charge in [-0.15, -0.1) is 0 Å². The molecule has 0 spiro atoms. The van der Waals surface area contributed by atoms with E-state index in [1.54, 1.807) is 0 Å². The Balaban J connectivity index is 3.25. The SMILES string of the molecule is Nc1cccc(I)c1I. The van der Waals surface area contributed by atoms with Crippen LogP contribution in [0.25, 0.3) is 0 Å². The third-order valence-corrected chi connectivity index (χ3v) is 4.12. The molecule has 0 heterocycles. The van der Waals surface area contributed by atoms with Crippen molar-refractivity contribution in [2.75, 3.05) is 5.73 Å². The molecule has 48 valence electrons. The minimum Gasteiger partial charge on any atom is -0.398 e. The minimum atomic E-state index is 0.863. The average molecular weight is 345 g/mol. The fourth-order valence-electron chi connectivity index (χ4n) is 0.520. The third kappa shape index (κ3) is 1.70. The second-order valence-corrected chi connectivity index (χ2v) is 3.88. The van der Waals surface area contributed by atoms with Gasteiger partial charge in [0.2, 0.25) is 0 Å². The first-order chi connectivity index (χ1) is 4.22. The van der Waals surface area contributed by atoms with Crippen LogP contribution in [-0.4, -0.2) is 0 Å². The zero-order valence-corrected chi connectivity index (χ0v) is 8.88. The summed E-state index contributed by atoms with van der Waals surface area (Å²) < 4.78 is 2.36. The summed E-state index contributed by atoms with van der Waals surface area (Å²) in [4.78, 5) is 0. The molecule has 0 aromatic heterocycles. The van der Waals surface area contributed by atoms with Crippen molar-refractivity contribution in [3.8, 4) is 0 Å². The molecule has 1 nitrogen and oxygen atoms in total. The molecule has 1 aromatic carbocycles. The highest BCUT2D eigenvalue weighted by atomic mass is 127. The molecule has 1 aromatic rings. The summed E-state index contributed by atoms with van der Waals surface area (Å²) in [5.74, 6) is 0. The molecule has 0 aliphatic rings. The van der Waals surface area contributed by atoms with E-state index in [9.17, 15) is 0 Å². The number of nitrogens with two attached hydrogens (primary N) is 1. The molecule has 3 heteroatoms. The number of rotatable bonds is 0. The van der Waals surface area contributed by atoms with Crippen molar-refractivity contribution in [3.63, 3.8) is 0 Å². The van der Waals surface area contributed by atoms with Crippen LogP contribution < -0.4 is 5.73 Å². The lowest BCUT2D eigenvalue weighted by Gasteiger charge is -1.97. The first kappa shape index (κ1) is 7.59. The van der Waals surface area contributed by atoms with E-state index in [-0.39, 0.29) is 0 Å². The van der Waals surface area contributed by atoms with E-state index in [1.807, 2.05) is 18.2 Å². The zero-order valence-electron chi connectivity index (χ0n) is 4.57. The highest BCUT2D eigenvalue weighted by Gasteiger charge is 1.96. The lowest BCUT2D eigenvalue weighted by molar-refractivity contribution is 1.57. The first-order valence-electron chi connectivity index (χ1n) is 2.41. The van der Waals surface area contributed by atoms with Crippen molar-refractivity contribution in [2.24, 2.45) is 0 Å². The van der Waals surface area contributed by atoms with E-state index in [2.05, 4.69) is 45.2 Å². The molecule has 0 bridgehead atoms. The number of hydrogen-bond acceptors (Lipinski definition) is 1. The monoisotopic (exact) mass is 345 g/mol. The number of anilines is 1. The molecule has 0 saturated carbocycles. The Morgan fingerprint density at radius 2 is 1.89 bits per heavy atom. The Kier molecular flexibility index (Phi) is 2.57. The Morgan fingerprint density at radius 3 is 2.33 bits per heavy atom. The van der Waals surface area contributed by atoms with Crippen LogP contribution in [0.5, 0.6) is 0 Å². The second-order valence-electron chi connectivity index (χ2n) is 1.64. The van der Waals surface area contributed by atoms with E-state index in [4.69, 9.17) is 5.73 Å². The fraction of sp³-hybridized carbons (Fsp3) is 0. The zero-order chi connectivity index (χ0) is 6.85. The number of hydrogen-bond donors (Lipinski definition) is 1. The van der Waals surface area contributed by atoms with Gasteiger partial charge in [-0.25, -0.2) is 0 Å². The Morgan fingerprint density at radius 1 is 1.22 bits per heavy atom. The molecule has 0 aliphatic carbocycles. The lowest BCUT2D eigenvalue weighted by Crippen LogP contribution is -1.89. The summed E-state index contributed by atoms with van der Waals surface area (Å²) in [6.45, 7) is 0. The molecular weight excluding hydrogens is 340 g/mol. The molecule has 9 heavy (non-hydrogen) atoms. The van der Waals surface area contributed by atoms with Crippen LogP contribution >= 0.6 is 45.2 Å². The van der Waals surface area contributed by atoms with Crippen molar-refractivity contribution in [1.82, 2.24) is 0 Å². The van der Waals surface area contributed by atoms with Gasteiger partial charge in [-0.1, -0.05) is 6.07 Å². The first-order valence-corrected chi connectivity index (χ1v) is 4.57. The molecular formula is C6H5I2N. The van der Waals surface area contributed by atoms with Crippen LogP contribution in [0.15, 0.2) is 18.2 Å². The van der Waals surface area contributed by atoms with Crippen molar-refractivity contribution in [2.45, 2.75) is 0 Å². The van der Waals surface area contributed by atoms with Crippen LogP contribution in [0.2, 0.25) is 0 Å². The van der Waals surface area contributed by atoms with Crippen LogP contribution in [0.3, 0.4) is 0 Å². The quantitative estimate of drug-likeness (QED) is 0.568. The highest BCUT2D eigenvalue weighted by molar-refractivity contribution is 14.1. The van der Waals surface area contributed by atoms with Gasteiger partial charge in [0.15, 0.2) is 0 Å². The summed E-state index contributed by atoms with van der Waals surface area (Å²) in [7, 11) is 0. The molecule has 0 unspecified atom stereocenters. The molecule has 0 radical (unpaired) electrons. The predicted molar refractivity (Wildman–Crippen MR) is 56.3 cm³/mol. The Labute approximate surface area is 81.3 Å². The van der Waals surface area contributed by atoms with Gasteiger partial charge in [-0.05, 0) is 57.3 Å². The van der Waals surface area contributed by atoms with Crippen molar-refractivity contribution < 1.29 is 0 Å². The maximum absolute atomic E-state index is 5.61. The summed E-state index contributed by atoms with van der Waals surface area (Å²) in [6, 6.07) is 5.90. The van der Waals surface area contributed by atoms with Crippen LogP contribution in [0.1, 0.15) is 0 Å². The van der Waals surface area contributed by atoms with E-state index in [0.717, 1.165) is 9.26 Å². The smallest absolute Gasteiger partial charge is 0.0493 e. The summed E-state index contributed by atoms with van der Waals surface area (Å²) in [5.41, 5.74) is 6.47. The van der Waals surface area contributed by atoms with Gasteiger partial charge in [-0.3, -0.25) is 0 Å². The van der Waals surface area contributed by atoms with E-state index < -0.39 is 0 Å². The standard InChI is InChI=1S/C6H5I2N/c7-4-2-1-3-5(9)6(4)8/h1-3H,9H2. The van der Waals surface area contributed by atoms with Crippen LogP contribution in [0.4, 0.5) is 5.69 Å². The normalized spacial score (nSPS) is 9.56. The second kappa shape index (κ2) is 3.05. The van der Waals surface area contributed by atoms with Gasteiger partial charge in [0, 0.05) is 12.8 Å². The number of halogens is 2. The van der Waals surface area contributed by atoms with Gasteiger partial charge in [0.05, 0.1) is 0 Å². The lowest BCUT2D eigenvalue weighted by atomic mass is 10.3. The average Bonchev–Trinajstić information content (AvgIpc) is 1.83. The summed E-state index contributed by atoms with van der Waals surface area (Å²) >= 11 is 4.50. The number of nitrogen functional groups attached to an aromatic ring is 1. The van der Waals surface area contributed by atoms with E-state index in [1.165, 1.54) is 3.57 Å². The fourth-order valence-corrected chi connectivity index (χ4v) is 1.40. The topological polar surface area (TPSA) is 26.0 Å². The predicted octanol–water partition coefficient (Wildman–Crippen LogP) is 2.48. The largest absolute Gasteiger partial charge is 0.398 e. The van der Waals surface area contributed by atoms with Crippen molar-refractivity contribution in [3.05, 3.63) is 25.3 Å². The van der Waals surface area contributed by atoms with Crippen molar-refractivity contribution >= 4 is 50.9 Å². The maximum Gasteiger partial charge on any atom is 0.0493 e. The minimum absolute atomic E-state index is 0.863. The van der Waals surface area contributed by atoms with Gasteiger partial charge >= 0.3 is 0 Å². The molecule has 0 saturated heterocycles. The molecule has 0 atom stereocenters. The molecule has 2 N–H and O–H groups in total. The molecule has 1 rings (SSSR count). The van der Waals surface area contributed by atoms with Crippen LogP contribution in [-0.2, 0) is 0 Å². The Bertz CT molecular complexity index is 202. The van der Waals surface area contributed by atoms with E-state index >= 15 is 0 Å². The third-order valence-electron chi connectivity index (χ3n) is 0.981. The van der Waals surface area contributed by atoms with Crippen molar-refractivity contribution in [1.29, 1.82) is 0 Å². The van der Waals surface area contributed by atoms with Gasteiger partial charge < -0.3 is 5.73 Å².